The van der Waals surface area contributed by atoms with Crippen molar-refractivity contribution in [2.24, 2.45) is 5.92 Å². The number of carbonyl (C=O) groups is 1. The number of benzene rings is 1. The number of carbonyl (C=O) groups excluding carboxylic acids is 1. The van der Waals surface area contributed by atoms with Crippen LogP contribution in [-0.4, -0.2) is 18.5 Å². The number of hydrogen-bond donors (Lipinski definition) is 0. The third kappa shape index (κ3) is 3.56. The van der Waals surface area contributed by atoms with Crippen molar-refractivity contribution in [2.75, 3.05) is 6.61 Å². The highest BCUT2D eigenvalue weighted by Crippen LogP contribution is 2.25. The Labute approximate surface area is 113 Å². The van der Waals surface area contributed by atoms with Gasteiger partial charge in [0, 0.05) is 10.6 Å². The van der Waals surface area contributed by atoms with E-state index in [1.807, 2.05) is 6.92 Å². The summed E-state index contributed by atoms with van der Waals surface area (Å²) >= 11 is 5.88. The lowest BCUT2D eigenvalue weighted by Crippen LogP contribution is -2.23. The highest BCUT2D eigenvalue weighted by molar-refractivity contribution is 6.31. The van der Waals surface area contributed by atoms with Gasteiger partial charge >= 0.3 is 0 Å². The first-order valence-corrected chi connectivity index (χ1v) is 6.96. The second-order valence-corrected chi connectivity index (χ2v) is 5.44. The van der Waals surface area contributed by atoms with Gasteiger partial charge < -0.3 is 4.74 Å². The molecule has 1 aromatic rings. The fraction of sp³-hybridized carbons (Fsp3) is 0.533. The van der Waals surface area contributed by atoms with E-state index in [1.54, 1.807) is 24.3 Å². The van der Waals surface area contributed by atoms with E-state index in [2.05, 4.69) is 0 Å². The van der Waals surface area contributed by atoms with Crippen molar-refractivity contribution in [2.45, 2.75) is 38.7 Å². The summed E-state index contributed by atoms with van der Waals surface area (Å²) in [5.74, 6) is 0.648. The summed E-state index contributed by atoms with van der Waals surface area (Å²) in [6.07, 6.45) is 4.68. The van der Waals surface area contributed by atoms with Gasteiger partial charge in [-0.15, -0.1) is 0 Å². The Hall–Kier alpha value is -0.860. The first kappa shape index (κ1) is 13.6. The molecule has 1 saturated carbocycles. The number of Topliss-reactive ketones (excluding diaryl/α,β-unsaturated/α-hetero) is 1. The van der Waals surface area contributed by atoms with Gasteiger partial charge in [-0.2, -0.15) is 0 Å². The van der Waals surface area contributed by atoms with Crippen LogP contribution in [-0.2, 0) is 4.74 Å². The smallest absolute Gasteiger partial charge is 0.191 e. The number of ether oxygens (including phenoxy) is 1. The zero-order chi connectivity index (χ0) is 13.0. The molecule has 98 valence electrons. The van der Waals surface area contributed by atoms with Gasteiger partial charge in [0.15, 0.2) is 5.78 Å². The molecule has 2 nitrogen and oxygen atoms in total. The van der Waals surface area contributed by atoms with E-state index in [0.717, 1.165) is 0 Å². The van der Waals surface area contributed by atoms with E-state index < -0.39 is 0 Å². The van der Waals surface area contributed by atoms with E-state index in [1.165, 1.54) is 25.7 Å². The predicted octanol–water partition coefficient (Wildman–Crippen LogP) is 4.12. The summed E-state index contributed by atoms with van der Waals surface area (Å²) < 4.78 is 5.69. The number of rotatable bonds is 5. The van der Waals surface area contributed by atoms with Gasteiger partial charge in [-0.1, -0.05) is 36.6 Å². The van der Waals surface area contributed by atoms with Crippen LogP contribution in [0.4, 0.5) is 0 Å². The maximum Gasteiger partial charge on any atom is 0.191 e. The van der Waals surface area contributed by atoms with Crippen LogP contribution in [0, 0.1) is 5.92 Å². The molecular weight excluding hydrogens is 248 g/mol. The van der Waals surface area contributed by atoms with Gasteiger partial charge in [0.05, 0.1) is 6.61 Å². The SMILES string of the molecule is CC(OCC1CCCC1)C(=O)c1cccc(Cl)c1. The molecule has 2 rings (SSSR count). The molecular formula is C15H19ClO2. The van der Waals surface area contributed by atoms with Crippen LogP contribution in [0.25, 0.3) is 0 Å². The van der Waals surface area contributed by atoms with Gasteiger partial charge in [-0.25, -0.2) is 0 Å². The third-order valence-corrected chi connectivity index (χ3v) is 3.77. The average molecular weight is 267 g/mol. The average Bonchev–Trinajstić information content (AvgIpc) is 2.88. The Morgan fingerprint density at radius 2 is 2.17 bits per heavy atom. The van der Waals surface area contributed by atoms with Crippen LogP contribution in [0.3, 0.4) is 0 Å². The molecule has 0 amide bonds. The second kappa shape index (κ2) is 6.35. The van der Waals surface area contributed by atoms with E-state index in [-0.39, 0.29) is 11.9 Å². The Morgan fingerprint density at radius 1 is 1.44 bits per heavy atom. The van der Waals surface area contributed by atoms with Crippen molar-refractivity contribution >= 4 is 17.4 Å². The maximum atomic E-state index is 12.1. The molecule has 1 aliphatic carbocycles. The molecule has 3 heteroatoms. The van der Waals surface area contributed by atoms with Crippen LogP contribution < -0.4 is 0 Å². The van der Waals surface area contributed by atoms with Gasteiger partial charge in [0.25, 0.3) is 0 Å². The summed E-state index contributed by atoms with van der Waals surface area (Å²) in [4.78, 5) is 12.1. The van der Waals surface area contributed by atoms with Crippen molar-refractivity contribution < 1.29 is 9.53 Å². The number of halogens is 1. The van der Waals surface area contributed by atoms with E-state index in [9.17, 15) is 4.79 Å². The molecule has 0 aliphatic heterocycles. The van der Waals surface area contributed by atoms with Crippen LogP contribution >= 0.6 is 11.6 Å². The molecule has 0 heterocycles. The largest absolute Gasteiger partial charge is 0.370 e. The quantitative estimate of drug-likeness (QED) is 0.750. The van der Waals surface area contributed by atoms with Gasteiger partial charge in [0.2, 0.25) is 0 Å². The maximum absolute atomic E-state index is 12.1. The molecule has 1 atom stereocenters. The molecule has 1 fully saturated rings. The van der Waals surface area contributed by atoms with Crippen molar-refractivity contribution in [3.63, 3.8) is 0 Å². The first-order chi connectivity index (χ1) is 8.66. The highest BCUT2D eigenvalue weighted by atomic mass is 35.5. The Morgan fingerprint density at radius 3 is 2.83 bits per heavy atom. The van der Waals surface area contributed by atoms with Crippen LogP contribution in [0.1, 0.15) is 43.0 Å². The van der Waals surface area contributed by atoms with Crippen molar-refractivity contribution in [1.29, 1.82) is 0 Å². The molecule has 0 saturated heterocycles. The number of hydrogen-bond acceptors (Lipinski definition) is 2. The topological polar surface area (TPSA) is 26.3 Å². The number of ketones is 1. The fourth-order valence-corrected chi connectivity index (χ4v) is 2.60. The molecule has 1 unspecified atom stereocenters. The summed E-state index contributed by atoms with van der Waals surface area (Å²) in [5.41, 5.74) is 0.626. The fourth-order valence-electron chi connectivity index (χ4n) is 2.41. The standard InChI is InChI=1S/C15H19ClO2/c1-11(18-10-12-5-2-3-6-12)15(17)13-7-4-8-14(16)9-13/h4,7-9,11-12H,2-3,5-6,10H2,1H3. The summed E-state index contributed by atoms with van der Waals surface area (Å²) in [5, 5.41) is 0.587. The van der Waals surface area contributed by atoms with E-state index in [0.29, 0.717) is 23.1 Å². The molecule has 18 heavy (non-hydrogen) atoms. The van der Waals surface area contributed by atoms with E-state index in [4.69, 9.17) is 16.3 Å². The highest BCUT2D eigenvalue weighted by Gasteiger charge is 2.20. The van der Waals surface area contributed by atoms with Crippen molar-refractivity contribution in [3.8, 4) is 0 Å². The Balaban J connectivity index is 1.87. The zero-order valence-electron chi connectivity index (χ0n) is 10.7. The summed E-state index contributed by atoms with van der Waals surface area (Å²) in [6, 6.07) is 7.03. The molecule has 1 aromatic carbocycles. The van der Waals surface area contributed by atoms with Gasteiger partial charge in [0.1, 0.15) is 6.10 Å². The molecule has 0 bridgehead atoms. The predicted molar refractivity (Wildman–Crippen MR) is 73.2 cm³/mol. The zero-order valence-corrected chi connectivity index (χ0v) is 11.5. The van der Waals surface area contributed by atoms with E-state index >= 15 is 0 Å². The minimum atomic E-state index is -0.385. The summed E-state index contributed by atoms with van der Waals surface area (Å²) in [6.45, 7) is 2.52. The second-order valence-electron chi connectivity index (χ2n) is 5.00. The normalized spacial score (nSPS) is 17.9. The molecule has 0 aromatic heterocycles. The Bertz CT molecular complexity index is 411. The van der Waals surface area contributed by atoms with Crippen molar-refractivity contribution in [1.82, 2.24) is 0 Å². The van der Waals surface area contributed by atoms with Gasteiger partial charge in [-0.3, -0.25) is 4.79 Å². The lowest BCUT2D eigenvalue weighted by atomic mass is 10.1. The van der Waals surface area contributed by atoms with Gasteiger partial charge in [-0.05, 0) is 37.8 Å². The van der Waals surface area contributed by atoms with Crippen LogP contribution in [0.5, 0.6) is 0 Å². The van der Waals surface area contributed by atoms with Crippen LogP contribution in [0.15, 0.2) is 24.3 Å². The minimum absolute atomic E-state index is 0.00972. The van der Waals surface area contributed by atoms with Crippen LogP contribution in [0.2, 0.25) is 5.02 Å². The minimum Gasteiger partial charge on any atom is -0.370 e. The molecule has 1 aliphatic rings. The lowest BCUT2D eigenvalue weighted by Gasteiger charge is -2.15. The lowest BCUT2D eigenvalue weighted by molar-refractivity contribution is 0.0351. The summed E-state index contributed by atoms with van der Waals surface area (Å²) in [7, 11) is 0. The monoisotopic (exact) mass is 266 g/mol. The molecule has 0 N–H and O–H groups in total. The Kier molecular flexibility index (Phi) is 4.79. The third-order valence-electron chi connectivity index (χ3n) is 3.54. The van der Waals surface area contributed by atoms with Crippen molar-refractivity contribution in [3.05, 3.63) is 34.9 Å². The first-order valence-electron chi connectivity index (χ1n) is 6.58. The molecule has 0 radical (unpaired) electrons. The molecule has 0 spiro atoms.